The van der Waals surface area contributed by atoms with Gasteiger partial charge in [0, 0.05) is 37.9 Å². The minimum atomic E-state index is -1.26. The minimum Gasteiger partial charge on any atom is -0.399 e. The lowest BCUT2D eigenvalue weighted by molar-refractivity contribution is -0.133. The molecule has 0 atom stereocenters. The van der Waals surface area contributed by atoms with Crippen LogP contribution >= 0.6 is 27.3 Å². The summed E-state index contributed by atoms with van der Waals surface area (Å²) < 4.78 is 11.4. The van der Waals surface area contributed by atoms with Crippen molar-refractivity contribution in [2.75, 3.05) is 43.1 Å². The summed E-state index contributed by atoms with van der Waals surface area (Å²) in [6.07, 6.45) is -0.268. The van der Waals surface area contributed by atoms with E-state index in [1.54, 1.807) is 40.1 Å². The van der Waals surface area contributed by atoms with Crippen LogP contribution in [-0.2, 0) is 19.1 Å². The van der Waals surface area contributed by atoms with Crippen LogP contribution in [0.2, 0.25) is 0 Å². The van der Waals surface area contributed by atoms with Crippen molar-refractivity contribution in [3.05, 3.63) is 39.7 Å². The smallest absolute Gasteiger partial charge is 0.399 e. The number of piperidine rings is 1. The van der Waals surface area contributed by atoms with Gasteiger partial charge < -0.3 is 29.9 Å². The average molecular weight is 579 g/mol. The van der Waals surface area contributed by atoms with Gasteiger partial charge in [-0.1, -0.05) is 11.3 Å². The first-order valence-corrected chi connectivity index (χ1v) is 13.1. The Labute approximate surface area is 221 Å². The highest BCUT2D eigenvalue weighted by Gasteiger charge is 2.44. The van der Waals surface area contributed by atoms with Gasteiger partial charge in [-0.2, -0.15) is 0 Å². The van der Waals surface area contributed by atoms with E-state index in [1.807, 2.05) is 6.92 Å². The summed E-state index contributed by atoms with van der Waals surface area (Å²) >= 11 is 4.58. The molecule has 36 heavy (non-hydrogen) atoms. The van der Waals surface area contributed by atoms with Crippen molar-refractivity contribution in [3.63, 3.8) is 0 Å². The highest BCUT2D eigenvalue weighted by Crippen LogP contribution is 2.31. The third-order valence-corrected chi connectivity index (χ3v) is 7.81. The third-order valence-electron chi connectivity index (χ3n) is 6.31. The number of anilines is 2. The number of carbonyl (C=O) groups excluding carboxylic acids is 4. The van der Waals surface area contributed by atoms with Crippen molar-refractivity contribution in [1.82, 2.24) is 10.2 Å². The topological polar surface area (TPSA) is 117 Å². The van der Waals surface area contributed by atoms with Crippen LogP contribution in [0, 0.1) is 6.92 Å². The van der Waals surface area contributed by atoms with Crippen LogP contribution in [0.1, 0.15) is 25.3 Å². The largest absolute Gasteiger partial charge is 0.414 e. The van der Waals surface area contributed by atoms with Gasteiger partial charge in [0.25, 0.3) is 5.91 Å². The SMILES string of the molecule is CC(=O)N1CCC(NC(=O)Oc2ccc(Br)s2)(C(=O)Nc2ccc(N3CCOCC3=O)c(C)c2)CC1. The molecule has 3 heterocycles. The number of benzene rings is 1. The van der Waals surface area contributed by atoms with Crippen LogP contribution in [-0.4, -0.2) is 67.1 Å². The predicted molar refractivity (Wildman–Crippen MR) is 138 cm³/mol. The van der Waals surface area contributed by atoms with E-state index in [4.69, 9.17) is 9.47 Å². The van der Waals surface area contributed by atoms with Gasteiger partial charge in [0.15, 0.2) is 5.06 Å². The van der Waals surface area contributed by atoms with Gasteiger partial charge in [-0.15, -0.1) is 0 Å². The van der Waals surface area contributed by atoms with Crippen molar-refractivity contribution < 1.29 is 28.7 Å². The molecular formula is C24H27BrN4O6S. The molecule has 10 nitrogen and oxygen atoms in total. The lowest BCUT2D eigenvalue weighted by Gasteiger charge is -2.40. The molecule has 0 bridgehead atoms. The quantitative estimate of drug-likeness (QED) is 0.562. The molecule has 0 radical (unpaired) electrons. The molecule has 2 saturated heterocycles. The van der Waals surface area contributed by atoms with Gasteiger partial charge >= 0.3 is 6.09 Å². The molecule has 1 aromatic carbocycles. The zero-order valence-corrected chi connectivity index (χ0v) is 22.4. The third kappa shape index (κ3) is 5.88. The molecule has 2 fully saturated rings. The maximum Gasteiger partial charge on any atom is 0.414 e. The Hall–Kier alpha value is -2.96. The van der Waals surface area contributed by atoms with E-state index in [1.165, 1.54) is 18.3 Å². The van der Waals surface area contributed by atoms with Gasteiger partial charge in [0.1, 0.15) is 12.1 Å². The average Bonchev–Trinajstić information content (AvgIpc) is 3.24. The molecule has 2 aliphatic heterocycles. The fourth-order valence-corrected chi connectivity index (χ4v) is 5.53. The summed E-state index contributed by atoms with van der Waals surface area (Å²) in [6, 6.07) is 8.72. The van der Waals surface area contributed by atoms with Crippen molar-refractivity contribution >= 4 is 62.5 Å². The standard InChI is InChI=1S/C24H27BrN4O6S/c1-15-13-17(3-4-18(15)29-11-12-34-14-20(29)31)26-22(32)24(7-9-28(10-8-24)16(2)30)27-23(33)35-21-6-5-19(25)36-21/h3-6,13H,7-12,14H2,1-2H3,(H,26,32)(H,27,33). The normalized spacial score (nSPS) is 17.5. The number of nitrogens with zero attached hydrogens (tertiary/aromatic N) is 2. The number of amides is 4. The van der Waals surface area contributed by atoms with E-state index in [-0.39, 0.29) is 31.3 Å². The van der Waals surface area contributed by atoms with Crippen LogP contribution in [0.3, 0.4) is 0 Å². The maximum atomic E-state index is 13.5. The summed E-state index contributed by atoms with van der Waals surface area (Å²) in [5.74, 6) is -0.596. The number of hydrogen-bond acceptors (Lipinski definition) is 7. The second-order valence-corrected chi connectivity index (χ2v) is 11.1. The van der Waals surface area contributed by atoms with E-state index >= 15 is 0 Å². The van der Waals surface area contributed by atoms with Crippen LogP contribution < -0.4 is 20.3 Å². The Morgan fingerprint density at radius 1 is 1.14 bits per heavy atom. The number of ether oxygens (including phenoxy) is 2. The number of halogens is 1. The Morgan fingerprint density at radius 2 is 1.89 bits per heavy atom. The number of aryl methyl sites for hydroxylation is 1. The fraction of sp³-hybridized carbons (Fsp3) is 0.417. The first kappa shape index (κ1) is 26.1. The van der Waals surface area contributed by atoms with E-state index in [2.05, 4.69) is 26.6 Å². The molecule has 0 aliphatic carbocycles. The Kier molecular flexibility index (Phi) is 7.96. The molecule has 2 aromatic rings. The molecule has 4 amide bonds. The van der Waals surface area contributed by atoms with Gasteiger partial charge in [0.05, 0.1) is 10.4 Å². The predicted octanol–water partition coefficient (Wildman–Crippen LogP) is 3.29. The van der Waals surface area contributed by atoms with Crippen LogP contribution in [0.25, 0.3) is 0 Å². The van der Waals surface area contributed by atoms with Crippen molar-refractivity contribution in [3.8, 4) is 5.06 Å². The Morgan fingerprint density at radius 3 is 2.50 bits per heavy atom. The number of rotatable bonds is 5. The van der Waals surface area contributed by atoms with Gasteiger partial charge in [-0.25, -0.2) is 4.79 Å². The number of likely N-dealkylation sites (tertiary alicyclic amines) is 1. The zero-order valence-electron chi connectivity index (χ0n) is 20.0. The summed E-state index contributed by atoms with van der Waals surface area (Å²) in [6.45, 7) is 4.97. The lowest BCUT2D eigenvalue weighted by Crippen LogP contribution is -2.62. The van der Waals surface area contributed by atoms with Crippen LogP contribution in [0.15, 0.2) is 34.1 Å². The van der Waals surface area contributed by atoms with Crippen LogP contribution in [0.4, 0.5) is 16.2 Å². The molecule has 192 valence electrons. The molecule has 4 rings (SSSR count). The molecule has 1 aromatic heterocycles. The fourth-order valence-electron chi connectivity index (χ4n) is 4.34. The molecular weight excluding hydrogens is 552 g/mol. The summed E-state index contributed by atoms with van der Waals surface area (Å²) in [4.78, 5) is 53.6. The first-order valence-electron chi connectivity index (χ1n) is 11.5. The first-order chi connectivity index (χ1) is 17.2. The van der Waals surface area contributed by atoms with Gasteiger partial charge in [-0.3, -0.25) is 14.4 Å². The van der Waals surface area contributed by atoms with Crippen LogP contribution in [0.5, 0.6) is 5.06 Å². The van der Waals surface area contributed by atoms with Gasteiger partial charge in [0.2, 0.25) is 11.8 Å². The molecule has 12 heteroatoms. The number of thiophene rings is 1. The van der Waals surface area contributed by atoms with E-state index in [0.717, 1.165) is 15.0 Å². The summed E-state index contributed by atoms with van der Waals surface area (Å²) in [7, 11) is 0. The molecule has 0 saturated carbocycles. The summed E-state index contributed by atoms with van der Waals surface area (Å²) in [5.41, 5.74) is 0.853. The van der Waals surface area contributed by atoms with Gasteiger partial charge in [-0.05, 0) is 71.6 Å². The lowest BCUT2D eigenvalue weighted by atomic mass is 9.86. The molecule has 0 spiro atoms. The minimum absolute atomic E-state index is 0.0436. The highest BCUT2D eigenvalue weighted by atomic mass is 79.9. The Bertz CT molecular complexity index is 1180. The van der Waals surface area contributed by atoms with Crippen molar-refractivity contribution in [1.29, 1.82) is 0 Å². The summed E-state index contributed by atoms with van der Waals surface area (Å²) in [5, 5.41) is 6.06. The second-order valence-electron chi connectivity index (χ2n) is 8.71. The van der Waals surface area contributed by atoms with E-state index in [0.29, 0.717) is 37.0 Å². The van der Waals surface area contributed by atoms with Crippen molar-refractivity contribution in [2.45, 2.75) is 32.2 Å². The number of morpholine rings is 1. The second kappa shape index (κ2) is 11.0. The number of carbonyl (C=O) groups is 4. The number of nitrogens with one attached hydrogen (secondary N) is 2. The van der Waals surface area contributed by atoms with Crippen molar-refractivity contribution in [2.24, 2.45) is 0 Å². The number of hydrogen-bond donors (Lipinski definition) is 2. The molecule has 0 unspecified atom stereocenters. The monoisotopic (exact) mass is 578 g/mol. The highest BCUT2D eigenvalue weighted by molar-refractivity contribution is 9.11. The van der Waals surface area contributed by atoms with E-state index < -0.39 is 17.5 Å². The molecule has 2 aliphatic rings. The van der Waals surface area contributed by atoms with E-state index in [9.17, 15) is 19.2 Å². The Balaban J connectivity index is 1.50. The molecule has 2 N–H and O–H groups in total. The maximum absolute atomic E-state index is 13.5. The zero-order chi connectivity index (χ0) is 25.9.